The molecule has 0 N–H and O–H groups in total. The van der Waals surface area contributed by atoms with Crippen LogP contribution < -0.4 is 5.56 Å². The number of carbonyl (C=O) groups excluding carboxylic acids is 1. The van der Waals surface area contributed by atoms with Crippen molar-refractivity contribution in [2.75, 3.05) is 0 Å². The highest BCUT2D eigenvalue weighted by atomic mass is 16.5. The van der Waals surface area contributed by atoms with Gasteiger partial charge in [-0.3, -0.25) is 4.79 Å². The van der Waals surface area contributed by atoms with Gasteiger partial charge in [-0.15, -0.1) is 0 Å². The van der Waals surface area contributed by atoms with Gasteiger partial charge in [0.2, 0.25) is 0 Å². The number of hydrogen-bond acceptors (Lipinski definition) is 4. The maximum absolute atomic E-state index is 13.0. The second-order valence-corrected chi connectivity index (χ2v) is 7.59. The monoisotopic (exact) mass is 432 g/mol. The van der Waals surface area contributed by atoms with Gasteiger partial charge in [-0.25, -0.2) is 4.79 Å². The first kappa shape index (κ1) is 20.4. The number of para-hydroxylation sites is 1. The molecular formula is C28H20N2O3. The van der Waals surface area contributed by atoms with Gasteiger partial charge in [-0.2, -0.15) is 9.78 Å². The summed E-state index contributed by atoms with van der Waals surface area (Å²) in [5, 5.41) is 5.25. The van der Waals surface area contributed by atoms with Crippen LogP contribution in [0.4, 0.5) is 0 Å². The third-order valence-corrected chi connectivity index (χ3v) is 5.43. The predicted octanol–water partition coefficient (Wildman–Crippen LogP) is 5.41. The molecule has 4 aromatic carbocycles. The summed E-state index contributed by atoms with van der Waals surface area (Å²) < 4.78 is 6.83. The molecule has 0 aliphatic rings. The highest BCUT2D eigenvalue weighted by Crippen LogP contribution is 2.20. The van der Waals surface area contributed by atoms with Gasteiger partial charge in [0, 0.05) is 5.39 Å². The summed E-state index contributed by atoms with van der Waals surface area (Å²) in [4.78, 5) is 26.0. The zero-order chi connectivity index (χ0) is 22.6. The topological polar surface area (TPSA) is 61.2 Å². The van der Waals surface area contributed by atoms with Gasteiger partial charge in [0.1, 0.15) is 6.61 Å². The van der Waals surface area contributed by atoms with Crippen molar-refractivity contribution in [3.05, 3.63) is 131 Å². The molecule has 0 atom stereocenters. The van der Waals surface area contributed by atoms with Crippen molar-refractivity contribution in [1.82, 2.24) is 9.78 Å². The molecule has 0 aliphatic carbocycles. The van der Waals surface area contributed by atoms with E-state index in [0.29, 0.717) is 16.5 Å². The molecule has 0 bridgehead atoms. The van der Waals surface area contributed by atoms with Gasteiger partial charge >= 0.3 is 5.97 Å². The third-order valence-electron chi connectivity index (χ3n) is 5.43. The molecule has 1 heterocycles. The van der Waals surface area contributed by atoms with E-state index >= 15 is 0 Å². The molecule has 0 fully saturated rings. The first-order chi connectivity index (χ1) is 16.2. The van der Waals surface area contributed by atoms with Crippen LogP contribution >= 0.6 is 0 Å². The lowest BCUT2D eigenvalue weighted by molar-refractivity contribution is 0.0466. The van der Waals surface area contributed by atoms with Crippen LogP contribution in [0.25, 0.3) is 27.6 Å². The molecule has 0 saturated heterocycles. The number of esters is 1. The Labute approximate surface area is 190 Å². The summed E-state index contributed by atoms with van der Waals surface area (Å²) in [7, 11) is 0. The number of benzene rings is 4. The van der Waals surface area contributed by atoms with Crippen molar-refractivity contribution in [2.24, 2.45) is 0 Å². The van der Waals surface area contributed by atoms with Crippen molar-refractivity contribution in [2.45, 2.75) is 6.61 Å². The Morgan fingerprint density at radius 3 is 1.97 bits per heavy atom. The summed E-state index contributed by atoms with van der Waals surface area (Å²) in [5.41, 5.74) is 3.48. The van der Waals surface area contributed by atoms with Crippen LogP contribution in [0.15, 0.2) is 114 Å². The summed E-state index contributed by atoms with van der Waals surface area (Å²) in [6.45, 7) is 0.106. The van der Waals surface area contributed by atoms with Gasteiger partial charge in [-0.05, 0) is 34.9 Å². The third kappa shape index (κ3) is 4.16. The van der Waals surface area contributed by atoms with Crippen molar-refractivity contribution < 1.29 is 9.53 Å². The number of ether oxygens (including phenoxy) is 1. The van der Waals surface area contributed by atoms with Crippen LogP contribution in [0.1, 0.15) is 16.1 Å². The molecule has 160 valence electrons. The average molecular weight is 432 g/mol. The van der Waals surface area contributed by atoms with E-state index in [4.69, 9.17) is 4.74 Å². The Balaban J connectivity index is 1.43. The average Bonchev–Trinajstić information content (AvgIpc) is 2.89. The van der Waals surface area contributed by atoms with Gasteiger partial charge < -0.3 is 4.74 Å². The lowest BCUT2D eigenvalue weighted by Gasteiger charge is -2.11. The highest BCUT2D eigenvalue weighted by molar-refractivity contribution is 6.02. The molecule has 0 radical (unpaired) electrons. The van der Waals surface area contributed by atoms with Crippen LogP contribution in [0, 0.1) is 0 Å². The fraction of sp³-hybridized carbons (Fsp3) is 0.0357. The van der Waals surface area contributed by atoms with Crippen molar-refractivity contribution in [3.63, 3.8) is 0 Å². The first-order valence-electron chi connectivity index (χ1n) is 10.6. The van der Waals surface area contributed by atoms with Crippen molar-refractivity contribution in [3.8, 4) is 16.8 Å². The minimum Gasteiger partial charge on any atom is -0.456 e. The Hall–Kier alpha value is -4.51. The van der Waals surface area contributed by atoms with E-state index in [1.54, 1.807) is 36.4 Å². The van der Waals surface area contributed by atoms with E-state index < -0.39 is 5.97 Å². The molecule has 0 amide bonds. The Bertz CT molecular complexity index is 1480. The van der Waals surface area contributed by atoms with Crippen molar-refractivity contribution in [1.29, 1.82) is 0 Å². The van der Waals surface area contributed by atoms with E-state index in [1.807, 2.05) is 72.8 Å². The van der Waals surface area contributed by atoms with Gasteiger partial charge in [0.05, 0.1) is 11.1 Å². The molecule has 5 rings (SSSR count). The van der Waals surface area contributed by atoms with Gasteiger partial charge in [0.25, 0.3) is 5.56 Å². The number of rotatable bonds is 5. The maximum Gasteiger partial charge on any atom is 0.359 e. The van der Waals surface area contributed by atoms with Crippen LogP contribution in [0.2, 0.25) is 0 Å². The smallest absolute Gasteiger partial charge is 0.359 e. The summed E-state index contributed by atoms with van der Waals surface area (Å²) >= 11 is 0. The van der Waals surface area contributed by atoms with Crippen LogP contribution in [-0.2, 0) is 11.3 Å². The van der Waals surface area contributed by atoms with Gasteiger partial charge in [0.15, 0.2) is 5.69 Å². The Morgan fingerprint density at radius 1 is 0.697 bits per heavy atom. The maximum atomic E-state index is 13.0. The number of fused-ring (bicyclic) bond motifs is 1. The first-order valence-corrected chi connectivity index (χ1v) is 10.6. The summed E-state index contributed by atoms with van der Waals surface area (Å²) in [6, 6.07) is 33.9. The molecule has 5 heteroatoms. The lowest BCUT2D eigenvalue weighted by atomic mass is 10.0. The largest absolute Gasteiger partial charge is 0.456 e. The number of hydrogen-bond donors (Lipinski definition) is 0. The summed E-state index contributed by atoms with van der Waals surface area (Å²) in [5.74, 6) is -0.581. The molecule has 33 heavy (non-hydrogen) atoms. The molecule has 5 nitrogen and oxygen atoms in total. The predicted molar refractivity (Wildman–Crippen MR) is 128 cm³/mol. The molecule has 0 unspecified atom stereocenters. The second kappa shape index (κ2) is 8.93. The minimum atomic E-state index is -0.581. The molecular weight excluding hydrogens is 412 g/mol. The van der Waals surface area contributed by atoms with Crippen LogP contribution in [0.3, 0.4) is 0 Å². The quantitative estimate of drug-likeness (QED) is 0.349. The second-order valence-electron chi connectivity index (χ2n) is 7.59. The summed E-state index contributed by atoms with van der Waals surface area (Å²) in [6.07, 6.45) is 0. The Morgan fingerprint density at radius 2 is 1.27 bits per heavy atom. The van der Waals surface area contributed by atoms with Gasteiger partial charge in [-0.1, -0.05) is 91.0 Å². The lowest BCUT2D eigenvalue weighted by Crippen LogP contribution is -2.25. The molecule has 5 aromatic rings. The SMILES string of the molecule is O=C(OCc1ccc(-c2ccccc2)cc1)c1nn(-c2ccccc2)c(=O)c2ccccc12. The standard InChI is InChI=1S/C28H20N2O3/c31-27-25-14-8-7-13-24(25)26(29-30(27)23-11-5-2-6-12-23)28(32)33-19-20-15-17-22(18-16-20)21-9-3-1-4-10-21/h1-18H,19H2. The van der Waals surface area contributed by atoms with Crippen LogP contribution in [0.5, 0.6) is 0 Å². The number of aromatic nitrogens is 2. The number of carbonyl (C=O) groups is 1. The molecule has 0 spiro atoms. The molecule has 1 aromatic heterocycles. The van der Waals surface area contributed by atoms with E-state index in [9.17, 15) is 9.59 Å². The zero-order valence-electron chi connectivity index (χ0n) is 17.7. The zero-order valence-corrected chi connectivity index (χ0v) is 17.7. The normalized spacial score (nSPS) is 10.8. The van der Waals surface area contributed by atoms with Crippen molar-refractivity contribution >= 4 is 16.7 Å². The van der Waals surface area contributed by atoms with Crippen LogP contribution in [-0.4, -0.2) is 15.7 Å². The molecule has 0 saturated carbocycles. The fourth-order valence-electron chi connectivity index (χ4n) is 3.73. The van der Waals surface area contributed by atoms with E-state index in [2.05, 4.69) is 5.10 Å². The molecule has 0 aliphatic heterocycles. The van der Waals surface area contributed by atoms with E-state index in [1.165, 1.54) is 4.68 Å². The minimum absolute atomic E-state index is 0.106. The highest BCUT2D eigenvalue weighted by Gasteiger charge is 2.18. The fourth-order valence-corrected chi connectivity index (χ4v) is 3.73. The van der Waals surface area contributed by atoms with E-state index in [0.717, 1.165) is 16.7 Å². The number of nitrogens with zero attached hydrogens (tertiary/aromatic N) is 2. The Kier molecular flexibility index (Phi) is 5.52. The van der Waals surface area contributed by atoms with E-state index in [-0.39, 0.29) is 17.9 Å².